The number of anilines is 2. The van der Waals surface area contributed by atoms with E-state index in [-0.39, 0.29) is 10.6 Å². The van der Waals surface area contributed by atoms with Crippen LogP contribution in [0.5, 0.6) is 0 Å². The van der Waals surface area contributed by atoms with E-state index in [4.69, 9.17) is 5.73 Å². The van der Waals surface area contributed by atoms with Crippen molar-refractivity contribution in [3.05, 3.63) is 47.0 Å². The van der Waals surface area contributed by atoms with Gasteiger partial charge in [0, 0.05) is 19.1 Å². The Balaban J connectivity index is 1.59. The van der Waals surface area contributed by atoms with Gasteiger partial charge in [0.25, 0.3) is 4.92 Å². The molecule has 0 atom stereocenters. The fourth-order valence-electron chi connectivity index (χ4n) is 3.33. The highest BCUT2D eigenvalue weighted by molar-refractivity contribution is 5.56. The second-order valence-corrected chi connectivity index (χ2v) is 7.02. The Morgan fingerprint density at radius 2 is 1.89 bits per heavy atom. The number of aromatic nitrogens is 2. The van der Waals surface area contributed by atoms with Crippen LogP contribution in [0.4, 0.5) is 17.5 Å². The van der Waals surface area contributed by atoms with Crippen molar-refractivity contribution in [2.45, 2.75) is 38.1 Å². The minimum absolute atomic E-state index is 0.0103. The van der Waals surface area contributed by atoms with E-state index in [0.29, 0.717) is 36.8 Å². The van der Waals surface area contributed by atoms with Crippen molar-refractivity contribution in [2.75, 3.05) is 23.7 Å². The van der Waals surface area contributed by atoms with Gasteiger partial charge in [-0.05, 0) is 43.6 Å². The fraction of sp³-hybridized carbons (Fsp3) is 0.474. The zero-order chi connectivity index (χ0) is 19.1. The van der Waals surface area contributed by atoms with Crippen LogP contribution in [0.25, 0.3) is 0 Å². The normalized spacial score (nSPS) is 19.4. The number of nitrogens with zero attached hydrogens (tertiary/aromatic N) is 3. The molecule has 1 aliphatic carbocycles. The average molecular weight is 371 g/mol. The SMILES string of the molecule is N[C@H]1CC[C@H](CNc2nc(NCCc3ccccc3)ncc2[N+](=O)O)CC1. The van der Waals surface area contributed by atoms with Crippen molar-refractivity contribution < 1.29 is 10.1 Å². The summed E-state index contributed by atoms with van der Waals surface area (Å²) in [6.07, 6.45) is 6.30. The van der Waals surface area contributed by atoms with Gasteiger partial charge in [0.05, 0.1) is 4.91 Å². The van der Waals surface area contributed by atoms with Crippen molar-refractivity contribution in [3.8, 4) is 0 Å². The molecular formula is C19H27N6O2+. The summed E-state index contributed by atoms with van der Waals surface area (Å²) >= 11 is 0. The average Bonchev–Trinajstić information content (AvgIpc) is 2.68. The second-order valence-electron chi connectivity index (χ2n) is 7.02. The first kappa shape index (κ1) is 19.0. The summed E-state index contributed by atoms with van der Waals surface area (Å²) in [5.74, 6) is 1.24. The van der Waals surface area contributed by atoms with Gasteiger partial charge in [-0.1, -0.05) is 30.3 Å². The molecule has 0 radical (unpaired) electrons. The van der Waals surface area contributed by atoms with Gasteiger partial charge in [0.2, 0.25) is 11.8 Å². The molecule has 1 aromatic carbocycles. The number of rotatable bonds is 8. The Labute approximate surface area is 158 Å². The fourth-order valence-corrected chi connectivity index (χ4v) is 3.33. The predicted molar refractivity (Wildman–Crippen MR) is 104 cm³/mol. The van der Waals surface area contributed by atoms with Crippen LogP contribution >= 0.6 is 0 Å². The number of benzene rings is 1. The van der Waals surface area contributed by atoms with Crippen molar-refractivity contribution in [1.29, 1.82) is 0 Å². The van der Waals surface area contributed by atoms with Crippen molar-refractivity contribution in [1.82, 2.24) is 9.97 Å². The van der Waals surface area contributed by atoms with E-state index < -0.39 is 0 Å². The van der Waals surface area contributed by atoms with Crippen molar-refractivity contribution in [3.63, 3.8) is 0 Å². The van der Waals surface area contributed by atoms with Gasteiger partial charge in [0.15, 0.2) is 0 Å². The minimum Gasteiger partial charge on any atom is -0.364 e. The predicted octanol–water partition coefficient (Wildman–Crippen LogP) is 2.86. The molecule has 3 rings (SSSR count). The van der Waals surface area contributed by atoms with Gasteiger partial charge in [-0.25, -0.2) is 10.2 Å². The molecular weight excluding hydrogens is 344 g/mol. The number of nitrogens with one attached hydrogen (secondary N) is 2. The number of hydrogen-bond acceptors (Lipinski definition) is 6. The highest BCUT2D eigenvalue weighted by Crippen LogP contribution is 2.26. The number of hydrogen-bond donors (Lipinski definition) is 4. The molecule has 0 amide bonds. The van der Waals surface area contributed by atoms with Crippen LogP contribution in [-0.4, -0.2) is 39.2 Å². The smallest absolute Gasteiger partial charge is 0.364 e. The van der Waals surface area contributed by atoms with E-state index in [9.17, 15) is 10.1 Å². The Hall–Kier alpha value is -2.74. The molecule has 2 aromatic rings. The molecule has 0 saturated heterocycles. The summed E-state index contributed by atoms with van der Waals surface area (Å²) in [5.41, 5.74) is 7.18. The molecule has 1 saturated carbocycles. The molecule has 8 nitrogen and oxygen atoms in total. The van der Waals surface area contributed by atoms with Gasteiger partial charge in [-0.2, -0.15) is 4.98 Å². The number of nitrogens with two attached hydrogens (primary N) is 1. The molecule has 1 fully saturated rings. The zero-order valence-electron chi connectivity index (χ0n) is 15.3. The van der Waals surface area contributed by atoms with Gasteiger partial charge in [-0.15, -0.1) is 0 Å². The largest absolute Gasteiger partial charge is 0.376 e. The molecule has 0 unspecified atom stereocenters. The third-order valence-corrected chi connectivity index (χ3v) is 4.96. The molecule has 144 valence electrons. The van der Waals surface area contributed by atoms with E-state index in [1.807, 2.05) is 18.2 Å². The molecule has 8 heteroatoms. The third kappa shape index (κ3) is 5.62. The highest BCUT2D eigenvalue weighted by atomic mass is 16.6. The lowest BCUT2D eigenvalue weighted by Gasteiger charge is -2.26. The minimum atomic E-state index is -0.202. The first-order valence-electron chi connectivity index (χ1n) is 9.42. The van der Waals surface area contributed by atoms with Crippen molar-refractivity contribution >= 4 is 17.5 Å². The zero-order valence-corrected chi connectivity index (χ0v) is 15.3. The molecule has 0 bridgehead atoms. The maximum Gasteiger partial charge on any atom is 0.376 e. The third-order valence-electron chi connectivity index (χ3n) is 4.96. The quantitative estimate of drug-likeness (QED) is 0.527. The standard InChI is InChI=1S/C19H27N6O2/c20-16-8-6-15(7-9-16)12-22-18-17(25(26)27)13-23-19(24-18)21-11-10-14-4-2-1-3-5-14/h1-5,13,15-16H,6-12,20H2,(H,26,27)(H2,21,22,23,24)/q+1/t15-,16-. The Morgan fingerprint density at radius 3 is 2.59 bits per heavy atom. The Kier molecular flexibility index (Phi) is 6.54. The van der Waals surface area contributed by atoms with E-state index in [1.54, 1.807) is 0 Å². The van der Waals surface area contributed by atoms with Gasteiger partial charge >= 0.3 is 5.69 Å². The highest BCUT2D eigenvalue weighted by Gasteiger charge is 2.24. The summed E-state index contributed by atoms with van der Waals surface area (Å²) in [6, 6.07) is 10.4. The Bertz CT molecular complexity index is 747. The first-order chi connectivity index (χ1) is 13.1. The molecule has 5 N–H and O–H groups in total. The van der Waals surface area contributed by atoms with Crippen LogP contribution in [0, 0.1) is 10.8 Å². The van der Waals surface area contributed by atoms with Gasteiger partial charge in [0.1, 0.15) is 6.20 Å². The maximum atomic E-state index is 11.4. The van der Waals surface area contributed by atoms with E-state index >= 15 is 0 Å². The molecule has 1 heterocycles. The Morgan fingerprint density at radius 1 is 1.15 bits per heavy atom. The van der Waals surface area contributed by atoms with E-state index in [2.05, 4.69) is 32.7 Å². The van der Waals surface area contributed by atoms with Gasteiger partial charge < -0.3 is 16.4 Å². The summed E-state index contributed by atoms with van der Waals surface area (Å²) in [6.45, 7) is 1.36. The van der Waals surface area contributed by atoms with Crippen LogP contribution < -0.4 is 16.4 Å². The summed E-state index contributed by atoms with van der Waals surface area (Å²) in [7, 11) is 0. The van der Waals surface area contributed by atoms with Crippen LogP contribution in [0.15, 0.2) is 36.5 Å². The lowest BCUT2D eigenvalue weighted by molar-refractivity contribution is -0.729. The monoisotopic (exact) mass is 371 g/mol. The van der Waals surface area contributed by atoms with Crippen molar-refractivity contribution in [2.24, 2.45) is 11.7 Å². The van der Waals surface area contributed by atoms with Crippen LogP contribution in [0.1, 0.15) is 31.2 Å². The summed E-state index contributed by atoms with van der Waals surface area (Å²) in [4.78, 5) is 19.7. The summed E-state index contributed by atoms with van der Waals surface area (Å²) in [5, 5.41) is 15.7. The molecule has 1 aromatic heterocycles. The van der Waals surface area contributed by atoms with Crippen LogP contribution in [0.2, 0.25) is 0 Å². The van der Waals surface area contributed by atoms with Crippen LogP contribution in [0.3, 0.4) is 0 Å². The topological polar surface area (TPSA) is 116 Å². The van der Waals surface area contributed by atoms with E-state index in [0.717, 1.165) is 32.1 Å². The lowest BCUT2D eigenvalue weighted by Crippen LogP contribution is -2.29. The molecule has 0 spiro atoms. The van der Waals surface area contributed by atoms with Crippen LogP contribution in [-0.2, 0) is 6.42 Å². The summed E-state index contributed by atoms with van der Waals surface area (Å²) < 4.78 is 0. The maximum absolute atomic E-state index is 11.4. The lowest BCUT2D eigenvalue weighted by atomic mass is 9.86. The molecule has 1 aliphatic rings. The van der Waals surface area contributed by atoms with Gasteiger partial charge in [-0.3, -0.25) is 0 Å². The molecule has 27 heavy (non-hydrogen) atoms. The van der Waals surface area contributed by atoms with E-state index in [1.165, 1.54) is 11.8 Å². The first-order valence-corrected chi connectivity index (χ1v) is 9.42. The second kappa shape index (κ2) is 9.27. The molecule has 0 aliphatic heterocycles.